The second-order valence-electron chi connectivity index (χ2n) is 3.50. The van der Waals surface area contributed by atoms with Crippen LogP contribution in [0, 0.1) is 0 Å². The Morgan fingerprint density at radius 1 is 1.27 bits per heavy atom. The zero-order valence-electron chi connectivity index (χ0n) is 9.54. The van der Waals surface area contributed by atoms with Gasteiger partial charge in [-0.2, -0.15) is 0 Å². The average Bonchev–Trinajstić information content (AvgIpc) is 2.70. The Kier molecular flexibility index (Phi) is 4.43. The molecule has 1 aliphatic heterocycles. The summed E-state index contributed by atoms with van der Waals surface area (Å²) >= 11 is 0. The summed E-state index contributed by atoms with van der Waals surface area (Å²) in [5.41, 5.74) is 7.75. The van der Waals surface area contributed by atoms with E-state index in [1.165, 1.54) is 5.56 Å². The molecule has 0 radical (unpaired) electrons. The van der Waals surface area contributed by atoms with Crippen LogP contribution in [0.4, 0.5) is 5.69 Å². The van der Waals surface area contributed by atoms with Crippen molar-refractivity contribution in [2.24, 2.45) is 4.99 Å². The van der Waals surface area contributed by atoms with Crippen LogP contribution in [0.5, 0.6) is 0 Å². The van der Waals surface area contributed by atoms with Gasteiger partial charge in [-0.05, 0) is 24.1 Å². The molecule has 0 spiro atoms. The molecular formula is C11H16ClN3. The molecule has 0 saturated carbocycles. The van der Waals surface area contributed by atoms with Crippen LogP contribution < -0.4 is 23.5 Å². The maximum atomic E-state index is 5.61. The third kappa shape index (κ3) is 3.44. The number of anilines is 1. The Morgan fingerprint density at radius 3 is 2.60 bits per heavy atom. The molecular weight excluding hydrogens is 210 g/mol. The van der Waals surface area contributed by atoms with Crippen LogP contribution in [0.25, 0.3) is 0 Å². The number of nitrogens with one attached hydrogen (secondary N) is 1. The molecule has 2 rings (SSSR count). The molecule has 0 aliphatic carbocycles. The maximum absolute atomic E-state index is 5.61. The topological polar surface area (TPSA) is 50.4 Å². The van der Waals surface area contributed by atoms with Gasteiger partial charge in [0.15, 0.2) is 0 Å². The number of hydrogen-bond acceptors (Lipinski definition) is 3. The number of halogens is 1. The fraction of sp³-hybridized carbons (Fsp3) is 0.364. The molecule has 0 bridgehead atoms. The van der Waals surface area contributed by atoms with E-state index >= 15 is 0 Å². The lowest BCUT2D eigenvalue weighted by Gasteiger charge is -2.02. The highest BCUT2D eigenvalue weighted by molar-refractivity contribution is 5.83. The van der Waals surface area contributed by atoms with E-state index in [-0.39, 0.29) is 13.8 Å². The molecule has 3 N–H and O–H groups in total. The number of amidine groups is 1. The van der Waals surface area contributed by atoms with E-state index in [0.29, 0.717) is 0 Å². The number of benzene rings is 1. The van der Waals surface area contributed by atoms with Gasteiger partial charge in [0, 0.05) is 18.7 Å². The third-order valence-electron chi connectivity index (χ3n) is 2.37. The van der Waals surface area contributed by atoms with Gasteiger partial charge >= 0.3 is 1.43 Å². The smallest absolute Gasteiger partial charge is 1.00 e. The lowest BCUT2D eigenvalue weighted by molar-refractivity contribution is -0.00000300. The Morgan fingerprint density at radius 2 is 2.00 bits per heavy atom. The van der Waals surface area contributed by atoms with Crippen molar-refractivity contribution in [3.63, 3.8) is 0 Å². The van der Waals surface area contributed by atoms with Gasteiger partial charge in [0.05, 0.1) is 12.4 Å². The van der Waals surface area contributed by atoms with Gasteiger partial charge in [-0.15, -0.1) is 0 Å². The predicted octanol–water partition coefficient (Wildman–Crippen LogP) is -1.68. The SMILES string of the molecule is Nc1ccc(CCC2=NCCN2)cc1.[Cl-].[H+]. The molecule has 0 atom stereocenters. The van der Waals surface area contributed by atoms with Gasteiger partial charge in [0.25, 0.3) is 0 Å². The molecule has 1 heterocycles. The number of aryl methyl sites for hydroxylation is 1. The van der Waals surface area contributed by atoms with Crippen molar-refractivity contribution in [3.05, 3.63) is 29.8 Å². The fourth-order valence-corrected chi connectivity index (χ4v) is 1.56. The van der Waals surface area contributed by atoms with Gasteiger partial charge in [-0.25, -0.2) is 0 Å². The largest absolute Gasteiger partial charge is 1.00 e. The van der Waals surface area contributed by atoms with E-state index in [0.717, 1.165) is 37.5 Å². The molecule has 3 nitrogen and oxygen atoms in total. The molecule has 82 valence electrons. The van der Waals surface area contributed by atoms with Crippen molar-refractivity contribution >= 4 is 11.5 Å². The van der Waals surface area contributed by atoms with Crippen molar-refractivity contribution in [1.29, 1.82) is 0 Å². The van der Waals surface area contributed by atoms with Crippen LogP contribution in [0.3, 0.4) is 0 Å². The molecule has 0 amide bonds. The zero-order valence-corrected chi connectivity index (χ0v) is 9.30. The van der Waals surface area contributed by atoms with E-state index in [9.17, 15) is 0 Å². The highest BCUT2D eigenvalue weighted by atomic mass is 35.5. The van der Waals surface area contributed by atoms with E-state index in [1.807, 2.05) is 12.1 Å². The Balaban J connectivity index is 0.00000112. The lowest BCUT2D eigenvalue weighted by Crippen LogP contribution is -3.00. The zero-order chi connectivity index (χ0) is 9.80. The fourth-order valence-electron chi connectivity index (χ4n) is 1.56. The normalized spacial score (nSPS) is 14.0. The van der Waals surface area contributed by atoms with Crippen LogP contribution in [0.15, 0.2) is 29.3 Å². The predicted molar refractivity (Wildman–Crippen MR) is 60.6 cm³/mol. The summed E-state index contributed by atoms with van der Waals surface area (Å²) in [7, 11) is 0. The second-order valence-corrected chi connectivity index (χ2v) is 3.50. The van der Waals surface area contributed by atoms with Gasteiger partial charge in [-0.3, -0.25) is 4.99 Å². The van der Waals surface area contributed by atoms with Gasteiger partial charge in [-0.1, -0.05) is 12.1 Å². The van der Waals surface area contributed by atoms with Crippen molar-refractivity contribution < 1.29 is 13.8 Å². The second kappa shape index (κ2) is 5.61. The highest BCUT2D eigenvalue weighted by Gasteiger charge is 2.04. The third-order valence-corrected chi connectivity index (χ3v) is 2.37. The summed E-state index contributed by atoms with van der Waals surface area (Å²) in [5.74, 6) is 1.14. The monoisotopic (exact) mass is 225 g/mol. The van der Waals surface area contributed by atoms with E-state index in [2.05, 4.69) is 22.4 Å². The maximum Gasteiger partial charge on any atom is 1.00 e. The van der Waals surface area contributed by atoms with Crippen molar-refractivity contribution in [1.82, 2.24) is 5.32 Å². The summed E-state index contributed by atoms with van der Waals surface area (Å²) in [4.78, 5) is 4.35. The van der Waals surface area contributed by atoms with E-state index in [1.54, 1.807) is 0 Å². The summed E-state index contributed by atoms with van der Waals surface area (Å²) in [6.45, 7) is 1.92. The first-order valence-corrected chi connectivity index (χ1v) is 4.96. The van der Waals surface area contributed by atoms with Crippen LogP contribution >= 0.6 is 0 Å². The van der Waals surface area contributed by atoms with E-state index in [4.69, 9.17) is 5.73 Å². The minimum absolute atomic E-state index is 0. The molecule has 4 heteroatoms. The minimum Gasteiger partial charge on any atom is -1.00 e. The average molecular weight is 226 g/mol. The summed E-state index contributed by atoms with van der Waals surface area (Å²) in [6.07, 6.45) is 2.04. The number of aliphatic imine (C=N–C) groups is 1. The summed E-state index contributed by atoms with van der Waals surface area (Å²) < 4.78 is 0. The van der Waals surface area contributed by atoms with Crippen LogP contribution in [0.1, 0.15) is 13.4 Å². The number of hydrogen-bond donors (Lipinski definition) is 2. The quantitative estimate of drug-likeness (QED) is 0.604. The molecule has 0 unspecified atom stereocenters. The molecule has 15 heavy (non-hydrogen) atoms. The minimum atomic E-state index is 0. The highest BCUT2D eigenvalue weighted by Crippen LogP contribution is 2.08. The van der Waals surface area contributed by atoms with Gasteiger partial charge in [0.1, 0.15) is 0 Å². The van der Waals surface area contributed by atoms with Crippen molar-refractivity contribution in [2.75, 3.05) is 18.8 Å². The summed E-state index contributed by atoms with van der Waals surface area (Å²) in [6, 6.07) is 8.04. The van der Waals surface area contributed by atoms with Gasteiger partial charge < -0.3 is 23.5 Å². The number of rotatable bonds is 3. The van der Waals surface area contributed by atoms with Gasteiger partial charge in [0.2, 0.25) is 0 Å². The summed E-state index contributed by atoms with van der Waals surface area (Å²) in [5, 5.41) is 3.26. The first-order chi connectivity index (χ1) is 6.84. The van der Waals surface area contributed by atoms with E-state index < -0.39 is 0 Å². The molecule has 0 fully saturated rings. The molecule has 1 aromatic carbocycles. The molecule has 0 saturated heterocycles. The first-order valence-electron chi connectivity index (χ1n) is 4.96. The van der Waals surface area contributed by atoms with Crippen LogP contribution in [0.2, 0.25) is 0 Å². The molecule has 1 aromatic rings. The molecule has 0 aromatic heterocycles. The van der Waals surface area contributed by atoms with Crippen molar-refractivity contribution in [3.8, 4) is 0 Å². The number of nitrogens with two attached hydrogens (primary N) is 1. The Bertz CT molecular complexity index is 338. The number of nitrogens with zero attached hydrogens (tertiary/aromatic N) is 1. The van der Waals surface area contributed by atoms with Crippen LogP contribution in [-0.4, -0.2) is 18.9 Å². The standard InChI is InChI=1S/C11H15N3.ClH/c12-10-4-1-9(2-5-10)3-6-11-13-7-8-14-11;/h1-2,4-5H,3,6-8,12H2,(H,13,14);1H. The molecule has 1 aliphatic rings. The number of nitrogen functional groups attached to an aromatic ring is 1. The Labute approximate surface area is 97.7 Å². The van der Waals surface area contributed by atoms with Crippen LogP contribution in [-0.2, 0) is 6.42 Å². The first kappa shape index (κ1) is 11.9. The Hall–Kier alpha value is -1.22. The lowest BCUT2D eigenvalue weighted by atomic mass is 10.1. The van der Waals surface area contributed by atoms with Crippen molar-refractivity contribution in [2.45, 2.75) is 12.8 Å².